The number of hydrogen-bond donors (Lipinski definition) is 1. The fraction of sp³-hybridized carbons (Fsp3) is 0.667. The number of nitrogens with zero attached hydrogens (tertiary/aromatic N) is 2. The van der Waals surface area contributed by atoms with Gasteiger partial charge in [0.25, 0.3) is 0 Å². The summed E-state index contributed by atoms with van der Waals surface area (Å²) in [6, 6.07) is 1.93. The molecule has 1 aromatic rings. The molecule has 0 saturated carbocycles. The number of piperazine rings is 1. The smallest absolute Gasteiger partial charge is 0.124 e. The zero-order chi connectivity index (χ0) is 8.93. The first-order chi connectivity index (χ1) is 6.45. The van der Waals surface area contributed by atoms with E-state index in [0.717, 1.165) is 44.8 Å². The molecule has 2 heterocycles. The van der Waals surface area contributed by atoms with E-state index in [0.29, 0.717) is 0 Å². The van der Waals surface area contributed by atoms with E-state index in [2.05, 4.69) is 15.4 Å². The molecule has 1 saturated heterocycles. The molecule has 1 aliphatic heterocycles. The molecule has 0 amide bonds. The number of aromatic nitrogens is 1. The van der Waals surface area contributed by atoms with E-state index < -0.39 is 0 Å². The van der Waals surface area contributed by atoms with Gasteiger partial charge >= 0.3 is 0 Å². The Kier molecular flexibility index (Phi) is 2.94. The van der Waals surface area contributed by atoms with E-state index in [4.69, 9.17) is 4.52 Å². The van der Waals surface area contributed by atoms with Crippen LogP contribution >= 0.6 is 0 Å². The van der Waals surface area contributed by atoms with Crippen LogP contribution in [0.15, 0.2) is 16.9 Å². The van der Waals surface area contributed by atoms with Crippen LogP contribution in [0.1, 0.15) is 5.69 Å². The van der Waals surface area contributed by atoms with Gasteiger partial charge in [-0.25, -0.2) is 0 Å². The van der Waals surface area contributed by atoms with Gasteiger partial charge in [-0.05, 0) is 0 Å². The van der Waals surface area contributed by atoms with Crippen molar-refractivity contribution in [1.29, 1.82) is 0 Å². The third-order valence-electron chi connectivity index (χ3n) is 2.39. The van der Waals surface area contributed by atoms with Crippen LogP contribution in [0.2, 0.25) is 0 Å². The molecule has 4 nitrogen and oxygen atoms in total. The first-order valence-corrected chi connectivity index (χ1v) is 4.77. The second-order valence-corrected chi connectivity index (χ2v) is 3.33. The van der Waals surface area contributed by atoms with Gasteiger partial charge in [-0.15, -0.1) is 0 Å². The summed E-state index contributed by atoms with van der Waals surface area (Å²) in [5, 5.41) is 7.22. The van der Waals surface area contributed by atoms with Crippen molar-refractivity contribution in [3.63, 3.8) is 0 Å². The molecule has 1 aliphatic rings. The maximum Gasteiger partial charge on any atom is 0.124 e. The molecular formula is C9H15N3O. The summed E-state index contributed by atoms with van der Waals surface area (Å²) in [7, 11) is 0. The summed E-state index contributed by atoms with van der Waals surface area (Å²) < 4.78 is 4.77. The summed E-state index contributed by atoms with van der Waals surface area (Å²) in [5.74, 6) is 0. The van der Waals surface area contributed by atoms with E-state index in [-0.39, 0.29) is 0 Å². The normalized spacial score (nSPS) is 19.1. The van der Waals surface area contributed by atoms with Gasteiger partial charge < -0.3 is 14.7 Å². The Morgan fingerprint density at radius 1 is 1.46 bits per heavy atom. The highest BCUT2D eigenvalue weighted by Gasteiger charge is 2.09. The van der Waals surface area contributed by atoms with Crippen molar-refractivity contribution in [2.45, 2.75) is 6.42 Å². The lowest BCUT2D eigenvalue weighted by Crippen LogP contribution is -2.44. The third-order valence-corrected chi connectivity index (χ3v) is 2.39. The molecule has 0 aromatic carbocycles. The van der Waals surface area contributed by atoms with Crippen LogP contribution in [0.5, 0.6) is 0 Å². The molecule has 0 atom stereocenters. The summed E-state index contributed by atoms with van der Waals surface area (Å²) in [5.41, 5.74) is 1.05. The van der Waals surface area contributed by atoms with Gasteiger partial charge in [0.1, 0.15) is 6.26 Å². The molecule has 13 heavy (non-hydrogen) atoms. The van der Waals surface area contributed by atoms with Crippen molar-refractivity contribution >= 4 is 0 Å². The Labute approximate surface area is 77.9 Å². The average Bonchev–Trinajstić information content (AvgIpc) is 2.69. The van der Waals surface area contributed by atoms with Crippen molar-refractivity contribution in [2.75, 3.05) is 32.7 Å². The maximum atomic E-state index is 4.77. The molecule has 2 rings (SSSR count). The third kappa shape index (κ3) is 2.54. The molecule has 0 aliphatic carbocycles. The quantitative estimate of drug-likeness (QED) is 0.719. The highest BCUT2D eigenvalue weighted by Crippen LogP contribution is 1.99. The number of rotatable bonds is 3. The van der Waals surface area contributed by atoms with Crippen LogP contribution in [-0.2, 0) is 6.42 Å². The lowest BCUT2D eigenvalue weighted by Gasteiger charge is -2.26. The zero-order valence-electron chi connectivity index (χ0n) is 7.70. The van der Waals surface area contributed by atoms with E-state index in [1.807, 2.05) is 6.07 Å². The fourth-order valence-corrected chi connectivity index (χ4v) is 1.57. The topological polar surface area (TPSA) is 41.3 Å². The summed E-state index contributed by atoms with van der Waals surface area (Å²) in [6.07, 6.45) is 2.63. The largest absolute Gasteiger partial charge is 0.365 e. The van der Waals surface area contributed by atoms with E-state index in [1.165, 1.54) is 0 Å². The van der Waals surface area contributed by atoms with E-state index >= 15 is 0 Å². The Morgan fingerprint density at radius 2 is 2.31 bits per heavy atom. The molecule has 72 valence electrons. The van der Waals surface area contributed by atoms with E-state index in [9.17, 15) is 0 Å². The molecule has 1 fully saturated rings. The zero-order valence-corrected chi connectivity index (χ0v) is 7.70. The predicted molar refractivity (Wildman–Crippen MR) is 49.5 cm³/mol. The van der Waals surface area contributed by atoms with Gasteiger partial charge in [0, 0.05) is 45.2 Å². The van der Waals surface area contributed by atoms with Crippen LogP contribution in [0, 0.1) is 0 Å². The minimum atomic E-state index is 0.997. The Bertz CT molecular complexity index is 229. The first-order valence-electron chi connectivity index (χ1n) is 4.77. The van der Waals surface area contributed by atoms with Gasteiger partial charge in [-0.2, -0.15) is 0 Å². The highest BCUT2D eigenvalue weighted by atomic mass is 16.5. The van der Waals surface area contributed by atoms with Crippen LogP contribution in [0.4, 0.5) is 0 Å². The van der Waals surface area contributed by atoms with Crippen LogP contribution in [0.3, 0.4) is 0 Å². The standard InChI is InChI=1S/C9H15N3O/c1(9-2-8-13-11-9)5-12-6-3-10-4-7-12/h2,8,10H,1,3-7H2. The van der Waals surface area contributed by atoms with Crippen molar-refractivity contribution in [1.82, 2.24) is 15.4 Å². The fourth-order valence-electron chi connectivity index (χ4n) is 1.57. The van der Waals surface area contributed by atoms with Gasteiger partial charge in [-0.1, -0.05) is 5.16 Å². The second kappa shape index (κ2) is 4.39. The maximum absolute atomic E-state index is 4.77. The molecule has 0 bridgehead atoms. The van der Waals surface area contributed by atoms with Crippen molar-refractivity contribution in [3.8, 4) is 0 Å². The van der Waals surface area contributed by atoms with Crippen LogP contribution < -0.4 is 5.32 Å². The van der Waals surface area contributed by atoms with Crippen LogP contribution in [0.25, 0.3) is 0 Å². The SMILES string of the molecule is c1cc(CCN2CCNCC2)no1. The Hall–Kier alpha value is -0.870. The summed E-state index contributed by atoms with van der Waals surface area (Å²) >= 11 is 0. The molecule has 0 unspecified atom stereocenters. The first kappa shape index (κ1) is 8.72. The van der Waals surface area contributed by atoms with Crippen molar-refractivity contribution in [3.05, 3.63) is 18.0 Å². The molecular weight excluding hydrogens is 166 g/mol. The minimum Gasteiger partial charge on any atom is -0.365 e. The van der Waals surface area contributed by atoms with Crippen molar-refractivity contribution < 1.29 is 4.52 Å². The molecule has 0 spiro atoms. The van der Waals surface area contributed by atoms with Gasteiger partial charge in [0.2, 0.25) is 0 Å². The molecule has 1 aromatic heterocycles. The van der Waals surface area contributed by atoms with Crippen LogP contribution in [-0.4, -0.2) is 42.8 Å². The molecule has 4 heteroatoms. The summed E-state index contributed by atoms with van der Waals surface area (Å²) in [6.45, 7) is 5.61. The van der Waals surface area contributed by atoms with Gasteiger partial charge in [-0.3, -0.25) is 0 Å². The van der Waals surface area contributed by atoms with E-state index in [1.54, 1.807) is 6.26 Å². The number of nitrogens with one attached hydrogen (secondary N) is 1. The van der Waals surface area contributed by atoms with Gasteiger partial charge in [0.05, 0.1) is 5.69 Å². The molecule has 1 N–H and O–H groups in total. The molecule has 0 radical (unpaired) electrons. The monoisotopic (exact) mass is 181 g/mol. The Morgan fingerprint density at radius 3 is 3.00 bits per heavy atom. The summed E-state index contributed by atoms with van der Waals surface area (Å²) in [4.78, 5) is 2.45. The second-order valence-electron chi connectivity index (χ2n) is 3.33. The van der Waals surface area contributed by atoms with Gasteiger partial charge in [0.15, 0.2) is 0 Å². The minimum absolute atomic E-state index is 0.997. The lowest BCUT2D eigenvalue weighted by atomic mass is 10.2. The average molecular weight is 181 g/mol. The predicted octanol–water partition coefficient (Wildman–Crippen LogP) is 0.122. The lowest BCUT2D eigenvalue weighted by molar-refractivity contribution is 0.242. The van der Waals surface area contributed by atoms with Crippen molar-refractivity contribution in [2.24, 2.45) is 0 Å². The highest BCUT2D eigenvalue weighted by molar-refractivity contribution is 4.95. The number of hydrogen-bond acceptors (Lipinski definition) is 4. The Balaban J connectivity index is 1.72.